The van der Waals surface area contributed by atoms with Gasteiger partial charge in [-0.3, -0.25) is 4.68 Å². The summed E-state index contributed by atoms with van der Waals surface area (Å²) in [5.41, 5.74) is 1.18. The third kappa shape index (κ3) is 2.74. The van der Waals surface area contributed by atoms with Crippen LogP contribution in [-0.2, 0) is 6.54 Å². The van der Waals surface area contributed by atoms with Crippen LogP contribution in [0.5, 0.6) is 5.75 Å². The zero-order chi connectivity index (χ0) is 11.4. The maximum atomic E-state index is 5.34. The van der Waals surface area contributed by atoms with Gasteiger partial charge >= 0.3 is 0 Å². The van der Waals surface area contributed by atoms with Gasteiger partial charge in [0, 0.05) is 17.3 Å². The average molecular weight is 275 g/mol. The minimum Gasteiger partial charge on any atom is -0.493 e. The third-order valence-electron chi connectivity index (χ3n) is 2.62. The summed E-state index contributed by atoms with van der Waals surface area (Å²) < 4.78 is 7.38. The number of hydrogen-bond acceptors (Lipinski definition) is 2. The zero-order valence-corrected chi connectivity index (χ0v) is 11.4. The second-order valence-corrected chi connectivity index (χ2v) is 5.23. The fourth-order valence-electron chi connectivity index (χ4n) is 1.60. The molecule has 1 heterocycles. The summed E-state index contributed by atoms with van der Waals surface area (Å²) in [5.74, 6) is 1.29. The lowest BCUT2D eigenvalue weighted by Crippen LogP contribution is -2.13. The van der Waals surface area contributed by atoms with Crippen molar-refractivity contribution in [1.29, 1.82) is 0 Å². The summed E-state index contributed by atoms with van der Waals surface area (Å²) >= 11 is 3.61. The van der Waals surface area contributed by atoms with E-state index in [1.54, 1.807) is 13.3 Å². The van der Waals surface area contributed by atoms with Crippen LogP contribution in [0, 0.1) is 0 Å². The van der Waals surface area contributed by atoms with Gasteiger partial charge in [-0.15, -0.1) is 0 Å². The van der Waals surface area contributed by atoms with E-state index in [2.05, 4.69) is 41.8 Å². The Morgan fingerprint density at radius 3 is 2.67 bits per heavy atom. The van der Waals surface area contributed by atoms with Crippen molar-refractivity contribution in [2.45, 2.75) is 44.5 Å². The molecular formula is C11H19BrN2O. The molecule has 2 unspecified atom stereocenters. The Morgan fingerprint density at radius 2 is 2.20 bits per heavy atom. The maximum Gasteiger partial charge on any atom is 0.160 e. The minimum absolute atomic E-state index is 0.397. The van der Waals surface area contributed by atoms with Crippen LogP contribution in [0.4, 0.5) is 0 Å². The molecule has 86 valence electrons. The van der Waals surface area contributed by atoms with Crippen LogP contribution in [0.1, 0.15) is 38.8 Å². The Morgan fingerprint density at radius 1 is 1.53 bits per heavy atom. The van der Waals surface area contributed by atoms with Crippen molar-refractivity contribution in [1.82, 2.24) is 9.78 Å². The fourth-order valence-corrected chi connectivity index (χ4v) is 1.85. The van der Waals surface area contributed by atoms with Crippen LogP contribution >= 0.6 is 15.9 Å². The van der Waals surface area contributed by atoms with Gasteiger partial charge in [0.15, 0.2) is 5.75 Å². The molecule has 0 spiro atoms. The molecule has 0 amide bonds. The van der Waals surface area contributed by atoms with Crippen molar-refractivity contribution in [3.8, 4) is 5.75 Å². The molecule has 0 fully saturated rings. The highest BCUT2D eigenvalue weighted by atomic mass is 79.9. The molecule has 0 saturated heterocycles. The number of halogens is 1. The van der Waals surface area contributed by atoms with E-state index in [1.807, 2.05) is 4.68 Å². The Balaban J connectivity index is 3.04. The summed E-state index contributed by atoms with van der Waals surface area (Å²) in [6.45, 7) is 7.43. The summed E-state index contributed by atoms with van der Waals surface area (Å²) in [4.78, 5) is 0.415. The predicted octanol–water partition coefficient (Wildman–Crippen LogP) is 3.19. The molecule has 0 saturated carbocycles. The first-order valence-electron chi connectivity index (χ1n) is 5.35. The van der Waals surface area contributed by atoms with Gasteiger partial charge in [0.2, 0.25) is 0 Å². The van der Waals surface area contributed by atoms with Gasteiger partial charge in [-0.1, -0.05) is 36.7 Å². The second-order valence-electron chi connectivity index (χ2n) is 3.79. The SMILES string of the molecule is CCCn1ncc(OC)c1C(C)C(C)Br. The lowest BCUT2D eigenvalue weighted by atomic mass is 10.0. The summed E-state index contributed by atoms with van der Waals surface area (Å²) in [6.07, 6.45) is 2.89. The van der Waals surface area contributed by atoms with Crippen molar-refractivity contribution in [2.24, 2.45) is 0 Å². The van der Waals surface area contributed by atoms with Crippen LogP contribution < -0.4 is 4.74 Å². The molecule has 2 atom stereocenters. The van der Waals surface area contributed by atoms with E-state index in [0.29, 0.717) is 10.7 Å². The lowest BCUT2D eigenvalue weighted by molar-refractivity contribution is 0.401. The van der Waals surface area contributed by atoms with Gasteiger partial charge in [0.1, 0.15) is 0 Å². The molecule has 1 aromatic heterocycles. The number of ether oxygens (including phenoxy) is 1. The monoisotopic (exact) mass is 274 g/mol. The number of aryl methyl sites for hydroxylation is 1. The molecule has 0 aromatic carbocycles. The quantitative estimate of drug-likeness (QED) is 0.772. The van der Waals surface area contributed by atoms with Crippen LogP contribution in [0.2, 0.25) is 0 Å². The molecule has 1 rings (SSSR count). The number of alkyl halides is 1. The fraction of sp³-hybridized carbons (Fsp3) is 0.727. The first-order chi connectivity index (χ1) is 7.11. The standard InChI is InChI=1S/C11H19BrN2O/c1-5-6-14-11(8(2)9(3)12)10(15-4)7-13-14/h7-9H,5-6H2,1-4H3. The van der Waals surface area contributed by atoms with Crippen LogP contribution in [0.25, 0.3) is 0 Å². The largest absolute Gasteiger partial charge is 0.493 e. The minimum atomic E-state index is 0.397. The maximum absolute atomic E-state index is 5.34. The second kappa shape index (κ2) is 5.54. The highest BCUT2D eigenvalue weighted by Crippen LogP contribution is 2.31. The molecule has 0 bridgehead atoms. The van der Waals surface area contributed by atoms with Gasteiger partial charge in [0.05, 0.1) is 19.0 Å². The topological polar surface area (TPSA) is 27.1 Å². The Labute approximate surface area is 99.9 Å². The van der Waals surface area contributed by atoms with E-state index < -0.39 is 0 Å². The highest BCUT2D eigenvalue weighted by molar-refractivity contribution is 9.09. The molecule has 0 N–H and O–H groups in total. The van der Waals surface area contributed by atoms with Crippen molar-refractivity contribution >= 4 is 15.9 Å². The van der Waals surface area contributed by atoms with E-state index >= 15 is 0 Å². The van der Waals surface area contributed by atoms with Crippen LogP contribution in [-0.4, -0.2) is 21.7 Å². The van der Waals surface area contributed by atoms with Gasteiger partial charge in [-0.05, 0) is 6.42 Å². The van der Waals surface area contributed by atoms with Crippen LogP contribution in [0.3, 0.4) is 0 Å². The van der Waals surface area contributed by atoms with Crippen molar-refractivity contribution in [3.05, 3.63) is 11.9 Å². The first-order valence-corrected chi connectivity index (χ1v) is 6.27. The van der Waals surface area contributed by atoms with E-state index in [1.165, 1.54) is 5.69 Å². The molecule has 0 radical (unpaired) electrons. The summed E-state index contributed by atoms with van der Waals surface area (Å²) in [5, 5.41) is 4.35. The number of rotatable bonds is 5. The Kier molecular flexibility index (Phi) is 4.64. The number of methoxy groups -OCH3 is 1. The Bertz CT molecular complexity index is 310. The molecule has 3 nitrogen and oxygen atoms in total. The van der Waals surface area contributed by atoms with Crippen LogP contribution in [0.15, 0.2) is 6.20 Å². The number of nitrogens with zero attached hydrogens (tertiary/aromatic N) is 2. The average Bonchev–Trinajstić information content (AvgIpc) is 2.60. The molecule has 15 heavy (non-hydrogen) atoms. The molecule has 0 aliphatic rings. The van der Waals surface area contributed by atoms with Gasteiger partial charge in [-0.25, -0.2) is 0 Å². The van der Waals surface area contributed by atoms with Crippen molar-refractivity contribution < 1.29 is 4.74 Å². The molecule has 1 aromatic rings. The molecule has 0 aliphatic heterocycles. The summed E-state index contributed by atoms with van der Waals surface area (Å²) in [6, 6.07) is 0. The number of hydrogen-bond donors (Lipinski definition) is 0. The Hall–Kier alpha value is -0.510. The molecule has 0 aliphatic carbocycles. The van der Waals surface area contributed by atoms with Gasteiger partial charge in [0.25, 0.3) is 0 Å². The highest BCUT2D eigenvalue weighted by Gasteiger charge is 2.21. The van der Waals surface area contributed by atoms with E-state index in [9.17, 15) is 0 Å². The lowest BCUT2D eigenvalue weighted by Gasteiger charge is -2.17. The van der Waals surface area contributed by atoms with Gasteiger partial charge in [-0.2, -0.15) is 5.10 Å². The van der Waals surface area contributed by atoms with Crippen molar-refractivity contribution in [2.75, 3.05) is 7.11 Å². The third-order valence-corrected chi connectivity index (χ3v) is 3.41. The summed E-state index contributed by atoms with van der Waals surface area (Å²) in [7, 11) is 1.70. The molecule has 4 heteroatoms. The normalized spacial score (nSPS) is 15.0. The zero-order valence-electron chi connectivity index (χ0n) is 9.83. The first kappa shape index (κ1) is 12.6. The molecular weight excluding hydrogens is 256 g/mol. The van der Waals surface area contributed by atoms with E-state index in [4.69, 9.17) is 4.74 Å². The van der Waals surface area contributed by atoms with Gasteiger partial charge < -0.3 is 4.74 Å². The van der Waals surface area contributed by atoms with Crippen molar-refractivity contribution in [3.63, 3.8) is 0 Å². The van der Waals surface area contributed by atoms with E-state index in [-0.39, 0.29) is 0 Å². The smallest absolute Gasteiger partial charge is 0.160 e. The number of aromatic nitrogens is 2. The predicted molar refractivity (Wildman–Crippen MR) is 65.9 cm³/mol. The van der Waals surface area contributed by atoms with E-state index in [0.717, 1.165) is 18.7 Å².